The standard InChI is InChI=1S/C28H31N5O4/c1-28(2,3)37-27(35)30-21-13-15-32(16-14-21)26(34)24-18-33(22-9-11-23(36-4)12-10-22)31-25(24)20-7-5-19(17-29)6-8-20/h5-12,18,21H,13-16H2,1-4H3,(H,30,35). The second kappa shape index (κ2) is 10.7. The molecule has 37 heavy (non-hydrogen) atoms. The number of hydrogen-bond acceptors (Lipinski definition) is 6. The first-order chi connectivity index (χ1) is 17.7. The summed E-state index contributed by atoms with van der Waals surface area (Å²) in [5.41, 5.74) is 2.52. The summed E-state index contributed by atoms with van der Waals surface area (Å²) in [7, 11) is 1.61. The van der Waals surface area contributed by atoms with Crippen molar-refractivity contribution in [1.82, 2.24) is 20.0 Å². The topological polar surface area (TPSA) is 109 Å². The Morgan fingerprint density at radius 3 is 2.27 bits per heavy atom. The molecule has 9 nitrogen and oxygen atoms in total. The Balaban J connectivity index is 1.55. The van der Waals surface area contributed by atoms with Crippen molar-refractivity contribution in [1.29, 1.82) is 5.26 Å². The minimum atomic E-state index is -0.563. The molecule has 0 saturated carbocycles. The van der Waals surface area contributed by atoms with E-state index in [-0.39, 0.29) is 11.9 Å². The third-order valence-electron chi connectivity index (χ3n) is 6.07. The molecule has 2 aromatic carbocycles. The SMILES string of the molecule is COc1ccc(-n2cc(C(=O)N3CCC(NC(=O)OC(C)(C)C)CC3)c(-c3ccc(C#N)cc3)n2)cc1. The Kier molecular flexibility index (Phi) is 7.48. The summed E-state index contributed by atoms with van der Waals surface area (Å²) in [4.78, 5) is 27.6. The highest BCUT2D eigenvalue weighted by molar-refractivity contribution is 6.00. The van der Waals surface area contributed by atoms with Crippen LogP contribution in [0.3, 0.4) is 0 Å². The van der Waals surface area contributed by atoms with Gasteiger partial charge in [0.2, 0.25) is 0 Å². The summed E-state index contributed by atoms with van der Waals surface area (Å²) in [6, 6.07) is 16.5. The van der Waals surface area contributed by atoms with Crippen molar-refractivity contribution >= 4 is 12.0 Å². The second-order valence-electron chi connectivity index (χ2n) is 9.94. The van der Waals surface area contributed by atoms with Gasteiger partial charge in [-0.2, -0.15) is 10.4 Å². The summed E-state index contributed by atoms with van der Waals surface area (Å²) in [6.45, 7) is 6.47. The fourth-order valence-electron chi connectivity index (χ4n) is 4.18. The van der Waals surface area contributed by atoms with E-state index in [1.54, 1.807) is 47.2 Å². The molecule has 1 N–H and O–H groups in total. The van der Waals surface area contributed by atoms with Gasteiger partial charge in [0.05, 0.1) is 30.0 Å². The molecule has 3 aromatic rings. The van der Waals surface area contributed by atoms with Crippen LogP contribution in [0.1, 0.15) is 49.5 Å². The zero-order valence-corrected chi connectivity index (χ0v) is 21.5. The number of ether oxygens (including phenoxy) is 2. The van der Waals surface area contributed by atoms with Gasteiger partial charge in [-0.1, -0.05) is 12.1 Å². The first-order valence-electron chi connectivity index (χ1n) is 12.2. The summed E-state index contributed by atoms with van der Waals surface area (Å²) in [5, 5.41) is 16.8. The van der Waals surface area contributed by atoms with Gasteiger partial charge in [-0.15, -0.1) is 0 Å². The van der Waals surface area contributed by atoms with Crippen LogP contribution in [-0.4, -0.2) is 58.5 Å². The molecule has 0 atom stereocenters. The van der Waals surface area contributed by atoms with Crippen LogP contribution >= 0.6 is 0 Å². The minimum absolute atomic E-state index is 0.0566. The van der Waals surface area contributed by atoms with Crippen LogP contribution in [0.5, 0.6) is 5.75 Å². The average molecular weight is 502 g/mol. The molecule has 4 rings (SSSR count). The van der Waals surface area contributed by atoms with Gasteiger partial charge in [0.15, 0.2) is 0 Å². The first-order valence-corrected chi connectivity index (χ1v) is 12.2. The first kappa shape index (κ1) is 25.8. The van der Waals surface area contributed by atoms with Crippen molar-refractivity contribution in [2.45, 2.75) is 45.3 Å². The Labute approximate surface area is 216 Å². The molecule has 1 aliphatic rings. The highest BCUT2D eigenvalue weighted by Gasteiger charge is 2.29. The van der Waals surface area contributed by atoms with Gasteiger partial charge in [-0.25, -0.2) is 9.48 Å². The van der Waals surface area contributed by atoms with Crippen molar-refractivity contribution in [2.75, 3.05) is 20.2 Å². The van der Waals surface area contributed by atoms with Gasteiger partial charge in [0, 0.05) is 30.9 Å². The molecule has 2 amide bonds. The fourth-order valence-corrected chi connectivity index (χ4v) is 4.18. The Bertz CT molecular complexity index is 1290. The molecule has 1 saturated heterocycles. The molecule has 0 aliphatic carbocycles. The van der Waals surface area contributed by atoms with E-state index in [1.165, 1.54) is 0 Å². The van der Waals surface area contributed by atoms with Gasteiger partial charge in [-0.3, -0.25) is 4.79 Å². The van der Waals surface area contributed by atoms with Gasteiger partial charge < -0.3 is 19.7 Å². The number of likely N-dealkylation sites (tertiary alicyclic amines) is 1. The molecule has 0 radical (unpaired) electrons. The van der Waals surface area contributed by atoms with Gasteiger partial charge in [-0.05, 0) is 70.0 Å². The molecular weight excluding hydrogens is 470 g/mol. The molecule has 192 valence electrons. The van der Waals surface area contributed by atoms with E-state index >= 15 is 0 Å². The lowest BCUT2D eigenvalue weighted by Crippen LogP contribution is -2.47. The van der Waals surface area contributed by atoms with Crippen molar-refractivity contribution in [3.63, 3.8) is 0 Å². The maximum Gasteiger partial charge on any atom is 0.407 e. The number of alkyl carbamates (subject to hydrolysis) is 1. The highest BCUT2D eigenvalue weighted by atomic mass is 16.6. The van der Waals surface area contributed by atoms with E-state index in [9.17, 15) is 9.59 Å². The van der Waals surface area contributed by atoms with Crippen LogP contribution in [0.4, 0.5) is 4.79 Å². The molecule has 0 spiro atoms. The number of amides is 2. The average Bonchev–Trinajstić information content (AvgIpc) is 3.33. The number of hydrogen-bond donors (Lipinski definition) is 1. The number of methoxy groups -OCH3 is 1. The molecule has 0 bridgehead atoms. The van der Waals surface area contributed by atoms with E-state index in [0.29, 0.717) is 42.8 Å². The second-order valence-corrected chi connectivity index (χ2v) is 9.94. The van der Waals surface area contributed by atoms with Gasteiger partial charge >= 0.3 is 6.09 Å². The quantitative estimate of drug-likeness (QED) is 0.549. The largest absolute Gasteiger partial charge is 0.497 e. The van der Waals surface area contributed by atoms with Crippen LogP contribution in [0, 0.1) is 11.3 Å². The lowest BCUT2D eigenvalue weighted by atomic mass is 10.0. The molecule has 1 fully saturated rings. The summed E-state index contributed by atoms with van der Waals surface area (Å²) >= 11 is 0. The van der Waals surface area contributed by atoms with Crippen LogP contribution in [0.2, 0.25) is 0 Å². The number of piperidine rings is 1. The number of carbonyl (C=O) groups excluding carboxylic acids is 2. The fraction of sp³-hybridized carbons (Fsp3) is 0.357. The number of aromatic nitrogens is 2. The van der Waals surface area contributed by atoms with E-state index in [4.69, 9.17) is 19.8 Å². The van der Waals surface area contributed by atoms with E-state index in [0.717, 1.165) is 17.0 Å². The van der Waals surface area contributed by atoms with Crippen molar-refractivity contribution in [2.24, 2.45) is 0 Å². The number of nitrogens with one attached hydrogen (secondary N) is 1. The Morgan fingerprint density at radius 1 is 1.05 bits per heavy atom. The summed E-state index contributed by atoms with van der Waals surface area (Å²) in [6.07, 6.45) is 2.55. The maximum atomic E-state index is 13.7. The zero-order valence-electron chi connectivity index (χ0n) is 21.5. The van der Waals surface area contributed by atoms with Gasteiger partial charge in [0.1, 0.15) is 17.0 Å². The number of carbonyl (C=O) groups is 2. The van der Waals surface area contributed by atoms with Crippen LogP contribution < -0.4 is 10.1 Å². The van der Waals surface area contributed by atoms with E-state index in [1.807, 2.05) is 45.0 Å². The number of rotatable bonds is 5. The minimum Gasteiger partial charge on any atom is -0.497 e. The van der Waals surface area contributed by atoms with Gasteiger partial charge in [0.25, 0.3) is 5.91 Å². The molecule has 1 aliphatic heterocycles. The summed E-state index contributed by atoms with van der Waals surface area (Å²) in [5.74, 6) is 0.595. The highest BCUT2D eigenvalue weighted by Crippen LogP contribution is 2.27. The summed E-state index contributed by atoms with van der Waals surface area (Å²) < 4.78 is 12.3. The van der Waals surface area contributed by atoms with Crippen molar-refractivity contribution < 1.29 is 19.1 Å². The van der Waals surface area contributed by atoms with Crippen molar-refractivity contribution in [3.8, 4) is 28.8 Å². The molecule has 0 unspecified atom stereocenters. The van der Waals surface area contributed by atoms with E-state index in [2.05, 4.69) is 11.4 Å². The maximum absolute atomic E-state index is 13.7. The predicted molar refractivity (Wildman–Crippen MR) is 139 cm³/mol. The Morgan fingerprint density at radius 2 is 1.70 bits per heavy atom. The lowest BCUT2D eigenvalue weighted by Gasteiger charge is -2.32. The molecule has 2 heterocycles. The van der Waals surface area contributed by atoms with Crippen molar-refractivity contribution in [3.05, 3.63) is 65.9 Å². The van der Waals surface area contributed by atoms with Crippen LogP contribution in [0.15, 0.2) is 54.7 Å². The number of benzene rings is 2. The number of nitriles is 1. The molecule has 1 aromatic heterocycles. The molecular formula is C28H31N5O4. The third-order valence-corrected chi connectivity index (χ3v) is 6.07. The van der Waals surface area contributed by atoms with Crippen LogP contribution in [-0.2, 0) is 4.74 Å². The lowest BCUT2D eigenvalue weighted by molar-refractivity contribution is 0.0473. The monoisotopic (exact) mass is 501 g/mol. The predicted octanol–water partition coefficient (Wildman–Crippen LogP) is 4.55. The zero-order chi connectivity index (χ0) is 26.6. The van der Waals surface area contributed by atoms with E-state index < -0.39 is 11.7 Å². The normalized spacial score (nSPS) is 14.1. The Hall–Kier alpha value is -4.32. The number of nitrogens with zero attached hydrogens (tertiary/aromatic N) is 4. The molecule has 9 heteroatoms. The smallest absolute Gasteiger partial charge is 0.407 e. The van der Waals surface area contributed by atoms with Crippen LogP contribution in [0.25, 0.3) is 16.9 Å². The third kappa shape index (κ3) is 6.28.